The van der Waals surface area contributed by atoms with Crippen LogP contribution in [-0.2, 0) is 0 Å². The summed E-state index contributed by atoms with van der Waals surface area (Å²) in [6.07, 6.45) is 0. The van der Waals surface area contributed by atoms with Crippen LogP contribution in [0.2, 0.25) is 0 Å². The molecule has 0 saturated carbocycles. The zero-order valence-electron chi connectivity index (χ0n) is 15.3. The predicted octanol–water partition coefficient (Wildman–Crippen LogP) is 2.97. The Hall–Kier alpha value is -2.91. The van der Waals surface area contributed by atoms with E-state index in [-0.39, 0.29) is 11.9 Å². The number of quaternary nitrogens is 1. The first-order valence-electron chi connectivity index (χ1n) is 8.94. The highest BCUT2D eigenvalue weighted by Crippen LogP contribution is 2.19. The lowest BCUT2D eigenvalue weighted by atomic mass is 10.0. The first-order valence-corrected chi connectivity index (χ1v) is 8.94. The molecule has 0 radical (unpaired) electrons. The second-order valence-electron chi connectivity index (χ2n) is 6.79. The van der Waals surface area contributed by atoms with E-state index in [1.54, 1.807) is 0 Å². The van der Waals surface area contributed by atoms with Gasteiger partial charge in [-0.3, -0.25) is 4.79 Å². The Bertz CT molecular complexity index is 827. The minimum atomic E-state index is -0.0419. The molecule has 3 aromatic rings. The van der Waals surface area contributed by atoms with Crippen molar-refractivity contribution in [3.8, 4) is 11.1 Å². The summed E-state index contributed by atoms with van der Waals surface area (Å²) in [6.45, 7) is 0.831. The van der Waals surface area contributed by atoms with Crippen molar-refractivity contribution in [2.24, 2.45) is 0 Å². The normalized spacial score (nSPS) is 12.0. The molecule has 132 valence electrons. The van der Waals surface area contributed by atoms with Gasteiger partial charge in [0.2, 0.25) is 0 Å². The van der Waals surface area contributed by atoms with Crippen molar-refractivity contribution in [2.75, 3.05) is 20.6 Å². The molecule has 0 heterocycles. The Morgan fingerprint density at radius 2 is 1.35 bits per heavy atom. The van der Waals surface area contributed by atoms with Gasteiger partial charge in [0.25, 0.3) is 5.91 Å². The van der Waals surface area contributed by atoms with Crippen molar-refractivity contribution in [3.05, 3.63) is 96.1 Å². The number of hydrogen-bond acceptors (Lipinski definition) is 1. The summed E-state index contributed by atoms with van der Waals surface area (Å²) in [6, 6.07) is 28.1. The fourth-order valence-corrected chi connectivity index (χ4v) is 3.03. The summed E-state index contributed by atoms with van der Waals surface area (Å²) in [5.74, 6) is -0.0419. The molecular formula is C23H25N2O+. The number of nitrogens with one attached hydrogen (secondary N) is 2. The van der Waals surface area contributed by atoms with Crippen molar-refractivity contribution >= 4 is 5.91 Å². The van der Waals surface area contributed by atoms with E-state index in [1.807, 2.05) is 60.7 Å². The van der Waals surface area contributed by atoms with Crippen LogP contribution in [-0.4, -0.2) is 26.5 Å². The maximum Gasteiger partial charge on any atom is 0.251 e. The van der Waals surface area contributed by atoms with Crippen LogP contribution in [0.5, 0.6) is 0 Å². The van der Waals surface area contributed by atoms with Gasteiger partial charge >= 0.3 is 0 Å². The number of likely N-dealkylation sites (N-methyl/N-ethyl adjacent to an activating group) is 1. The number of carbonyl (C=O) groups is 1. The number of benzene rings is 3. The van der Waals surface area contributed by atoms with E-state index in [1.165, 1.54) is 4.90 Å². The smallest absolute Gasteiger partial charge is 0.251 e. The zero-order chi connectivity index (χ0) is 18.4. The fraction of sp³-hybridized carbons (Fsp3) is 0.174. The Morgan fingerprint density at radius 3 is 1.92 bits per heavy atom. The molecule has 3 rings (SSSR count). The third kappa shape index (κ3) is 4.58. The number of rotatable bonds is 6. The maximum atomic E-state index is 12.7. The molecule has 0 spiro atoms. The number of amides is 1. The third-order valence-electron chi connectivity index (χ3n) is 4.37. The van der Waals surface area contributed by atoms with E-state index in [0.717, 1.165) is 23.2 Å². The lowest BCUT2D eigenvalue weighted by Gasteiger charge is -2.21. The summed E-state index contributed by atoms with van der Waals surface area (Å²) in [4.78, 5) is 14.0. The van der Waals surface area contributed by atoms with Gasteiger partial charge in [-0.05, 0) is 28.8 Å². The SMILES string of the molecule is C[NH+](C)C[C@H](NC(=O)c1ccc(-c2ccccc2)cc1)c1ccccc1. The molecule has 3 aromatic carbocycles. The predicted molar refractivity (Wildman–Crippen MR) is 106 cm³/mol. The van der Waals surface area contributed by atoms with Crippen molar-refractivity contribution in [1.82, 2.24) is 5.32 Å². The highest BCUT2D eigenvalue weighted by atomic mass is 16.1. The maximum absolute atomic E-state index is 12.7. The quantitative estimate of drug-likeness (QED) is 0.708. The monoisotopic (exact) mass is 345 g/mol. The molecular weight excluding hydrogens is 320 g/mol. The van der Waals surface area contributed by atoms with E-state index in [0.29, 0.717) is 5.56 Å². The molecule has 2 N–H and O–H groups in total. The van der Waals surface area contributed by atoms with Crippen molar-refractivity contribution < 1.29 is 9.69 Å². The number of hydrogen-bond donors (Lipinski definition) is 2. The molecule has 0 fully saturated rings. The van der Waals surface area contributed by atoms with Crippen LogP contribution in [0, 0.1) is 0 Å². The van der Waals surface area contributed by atoms with Crippen LogP contribution < -0.4 is 10.2 Å². The van der Waals surface area contributed by atoms with Gasteiger partial charge in [0.05, 0.1) is 14.1 Å². The van der Waals surface area contributed by atoms with Gasteiger partial charge in [0, 0.05) is 5.56 Å². The van der Waals surface area contributed by atoms with Crippen LogP contribution in [0.1, 0.15) is 22.0 Å². The first kappa shape index (κ1) is 17.9. The topological polar surface area (TPSA) is 33.5 Å². The molecule has 0 aliphatic rings. The highest BCUT2D eigenvalue weighted by molar-refractivity contribution is 5.95. The molecule has 0 saturated heterocycles. The molecule has 3 heteroatoms. The van der Waals surface area contributed by atoms with Crippen LogP contribution in [0.4, 0.5) is 0 Å². The molecule has 0 aromatic heterocycles. The zero-order valence-corrected chi connectivity index (χ0v) is 15.3. The van der Waals surface area contributed by atoms with E-state index in [2.05, 4.69) is 43.7 Å². The Labute approximate surface area is 155 Å². The van der Waals surface area contributed by atoms with Crippen LogP contribution in [0.25, 0.3) is 11.1 Å². The minimum absolute atomic E-state index is 0.0116. The van der Waals surface area contributed by atoms with Crippen molar-refractivity contribution in [1.29, 1.82) is 0 Å². The van der Waals surface area contributed by atoms with Gasteiger partial charge in [-0.1, -0.05) is 72.8 Å². The van der Waals surface area contributed by atoms with Gasteiger partial charge in [0.1, 0.15) is 12.6 Å². The van der Waals surface area contributed by atoms with E-state index >= 15 is 0 Å². The third-order valence-corrected chi connectivity index (χ3v) is 4.37. The summed E-state index contributed by atoms with van der Waals surface area (Å²) in [5.41, 5.74) is 4.07. The Kier molecular flexibility index (Phi) is 5.82. The van der Waals surface area contributed by atoms with Gasteiger partial charge < -0.3 is 10.2 Å². The average molecular weight is 345 g/mol. The summed E-state index contributed by atoms with van der Waals surface area (Å²) in [7, 11) is 4.19. The van der Waals surface area contributed by atoms with Crippen LogP contribution in [0.3, 0.4) is 0 Å². The van der Waals surface area contributed by atoms with Crippen molar-refractivity contribution in [3.63, 3.8) is 0 Å². The fourth-order valence-electron chi connectivity index (χ4n) is 3.03. The van der Waals surface area contributed by atoms with E-state index in [9.17, 15) is 4.79 Å². The van der Waals surface area contributed by atoms with Crippen molar-refractivity contribution in [2.45, 2.75) is 6.04 Å². The van der Waals surface area contributed by atoms with E-state index in [4.69, 9.17) is 0 Å². The van der Waals surface area contributed by atoms with Gasteiger partial charge in [0.15, 0.2) is 0 Å². The summed E-state index contributed by atoms with van der Waals surface area (Å²) >= 11 is 0. The van der Waals surface area contributed by atoms with Gasteiger partial charge in [-0.25, -0.2) is 0 Å². The first-order chi connectivity index (χ1) is 12.6. The second-order valence-corrected chi connectivity index (χ2v) is 6.79. The Morgan fingerprint density at radius 1 is 0.808 bits per heavy atom. The van der Waals surface area contributed by atoms with Gasteiger partial charge in [-0.2, -0.15) is 0 Å². The van der Waals surface area contributed by atoms with E-state index < -0.39 is 0 Å². The van der Waals surface area contributed by atoms with Crippen LogP contribution >= 0.6 is 0 Å². The number of carbonyl (C=O) groups excluding carboxylic acids is 1. The molecule has 26 heavy (non-hydrogen) atoms. The summed E-state index contributed by atoms with van der Waals surface area (Å²) in [5, 5.41) is 3.18. The molecule has 1 atom stereocenters. The lowest BCUT2D eigenvalue weighted by molar-refractivity contribution is -0.860. The molecule has 3 nitrogen and oxygen atoms in total. The van der Waals surface area contributed by atoms with Crippen LogP contribution in [0.15, 0.2) is 84.9 Å². The average Bonchev–Trinajstić information content (AvgIpc) is 2.68. The molecule has 1 amide bonds. The molecule has 0 aliphatic carbocycles. The minimum Gasteiger partial charge on any atom is -0.340 e. The lowest BCUT2D eigenvalue weighted by Crippen LogP contribution is -3.06. The molecule has 0 unspecified atom stereocenters. The largest absolute Gasteiger partial charge is 0.340 e. The summed E-state index contributed by atoms with van der Waals surface area (Å²) < 4.78 is 0. The highest BCUT2D eigenvalue weighted by Gasteiger charge is 2.18. The second kappa shape index (κ2) is 8.45. The molecule has 0 bridgehead atoms. The Balaban J connectivity index is 1.75. The molecule has 0 aliphatic heterocycles. The standard InChI is InChI=1S/C23H24N2O/c1-25(2)17-22(20-11-7-4-8-12-20)24-23(26)21-15-13-19(14-16-21)18-9-5-3-6-10-18/h3-16,22H,17H2,1-2H3,(H,24,26)/p+1/t22-/m0/s1. The van der Waals surface area contributed by atoms with Gasteiger partial charge in [-0.15, -0.1) is 0 Å².